The zero-order valence-electron chi connectivity index (χ0n) is 19.5. The molecule has 0 unspecified atom stereocenters. The summed E-state index contributed by atoms with van der Waals surface area (Å²) in [5, 5.41) is 8.05. The van der Waals surface area contributed by atoms with Gasteiger partial charge in [0.15, 0.2) is 4.80 Å². The van der Waals surface area contributed by atoms with Gasteiger partial charge in [0.05, 0.1) is 24.6 Å². The highest BCUT2D eigenvalue weighted by atomic mass is 35.5. The van der Waals surface area contributed by atoms with Crippen molar-refractivity contribution in [1.82, 2.24) is 15.2 Å². The van der Waals surface area contributed by atoms with E-state index in [4.69, 9.17) is 16.3 Å². The fourth-order valence-corrected chi connectivity index (χ4v) is 4.21. The van der Waals surface area contributed by atoms with Gasteiger partial charge in [0.2, 0.25) is 0 Å². The van der Waals surface area contributed by atoms with Crippen molar-refractivity contribution in [2.75, 3.05) is 13.1 Å². The molecule has 2 amide bonds. The second kappa shape index (κ2) is 13.3. The summed E-state index contributed by atoms with van der Waals surface area (Å²) >= 11 is 7.32. The van der Waals surface area contributed by atoms with Crippen LogP contribution in [0.4, 0.5) is 23.7 Å². The minimum absolute atomic E-state index is 0.231. The monoisotopic (exact) mass is 542 g/mol. The number of hydrogen-bond donors (Lipinski definition) is 2. The van der Waals surface area contributed by atoms with Crippen molar-refractivity contribution >= 4 is 34.7 Å². The quantitative estimate of drug-likeness (QED) is 0.302. The van der Waals surface area contributed by atoms with Gasteiger partial charge in [-0.1, -0.05) is 23.7 Å². The molecule has 2 aromatic carbocycles. The van der Waals surface area contributed by atoms with Crippen molar-refractivity contribution in [2.45, 2.75) is 39.5 Å². The first-order valence-corrected chi connectivity index (χ1v) is 12.4. The lowest BCUT2D eigenvalue weighted by Crippen LogP contribution is -2.36. The summed E-state index contributed by atoms with van der Waals surface area (Å²) in [5.74, 6) is -0.312. The molecule has 0 spiro atoms. The van der Waals surface area contributed by atoms with E-state index in [9.17, 15) is 18.0 Å². The minimum Gasteiger partial charge on any atom is -0.406 e. The highest BCUT2D eigenvalue weighted by molar-refractivity contribution is 7.07. The molecule has 12 heteroatoms. The number of urea groups is 1. The number of carbonyl (C=O) groups excluding carboxylic acids is 1. The van der Waals surface area contributed by atoms with E-state index in [1.807, 2.05) is 29.0 Å². The van der Waals surface area contributed by atoms with Gasteiger partial charge in [-0.25, -0.2) is 9.79 Å². The summed E-state index contributed by atoms with van der Waals surface area (Å²) in [6, 6.07) is 12.5. The maximum atomic E-state index is 12.4. The van der Waals surface area contributed by atoms with Gasteiger partial charge in [0.25, 0.3) is 0 Å². The van der Waals surface area contributed by atoms with Crippen LogP contribution in [0.3, 0.4) is 0 Å². The molecule has 194 valence electrons. The van der Waals surface area contributed by atoms with E-state index in [2.05, 4.69) is 20.4 Å². The molecule has 1 heterocycles. The Kier molecular flexibility index (Phi) is 10.2. The molecule has 3 rings (SSSR count). The number of rotatable bonds is 11. The van der Waals surface area contributed by atoms with Crippen LogP contribution in [0.5, 0.6) is 5.75 Å². The summed E-state index contributed by atoms with van der Waals surface area (Å²) in [7, 11) is 0. The Labute approximate surface area is 215 Å². The van der Waals surface area contributed by atoms with E-state index in [1.165, 1.54) is 35.6 Å². The number of hydrogen-bond acceptors (Lipinski definition) is 5. The van der Waals surface area contributed by atoms with Gasteiger partial charge in [-0.15, -0.1) is 24.5 Å². The molecule has 0 aliphatic rings. The SMILES string of the molecule is CCNC(=O)NCCCn1c(COCc2ccc(Cl)cc2)csc1=Nc1ccc(OC(F)(F)F)cc1. The van der Waals surface area contributed by atoms with Crippen molar-refractivity contribution < 1.29 is 27.4 Å². The fraction of sp³-hybridized carbons (Fsp3) is 0.333. The second-order valence-electron chi connectivity index (χ2n) is 7.57. The molecule has 7 nitrogen and oxygen atoms in total. The van der Waals surface area contributed by atoms with Crippen molar-refractivity contribution in [1.29, 1.82) is 0 Å². The van der Waals surface area contributed by atoms with Gasteiger partial charge >= 0.3 is 12.4 Å². The van der Waals surface area contributed by atoms with Crippen molar-refractivity contribution in [3.63, 3.8) is 0 Å². The van der Waals surface area contributed by atoms with Crippen LogP contribution in [-0.4, -0.2) is 30.1 Å². The Hall–Kier alpha value is -3.02. The van der Waals surface area contributed by atoms with Crippen LogP contribution in [0.2, 0.25) is 5.02 Å². The Morgan fingerprint density at radius 2 is 1.81 bits per heavy atom. The lowest BCUT2D eigenvalue weighted by atomic mass is 10.2. The number of halogens is 4. The van der Waals surface area contributed by atoms with E-state index < -0.39 is 6.36 Å². The molecular weight excluding hydrogens is 517 g/mol. The average molecular weight is 543 g/mol. The number of benzene rings is 2. The zero-order chi connectivity index (χ0) is 26.0. The first-order valence-electron chi connectivity index (χ1n) is 11.1. The summed E-state index contributed by atoms with van der Waals surface area (Å²) in [5.41, 5.74) is 2.36. The first kappa shape index (κ1) is 27.6. The summed E-state index contributed by atoms with van der Waals surface area (Å²) in [6.45, 7) is 4.13. The maximum Gasteiger partial charge on any atom is 0.573 e. The summed E-state index contributed by atoms with van der Waals surface area (Å²) in [6.07, 6.45) is -4.11. The molecule has 0 bridgehead atoms. The van der Waals surface area contributed by atoms with Crippen LogP contribution in [0.25, 0.3) is 0 Å². The zero-order valence-corrected chi connectivity index (χ0v) is 21.1. The number of amides is 2. The van der Waals surface area contributed by atoms with Gasteiger partial charge in [0.1, 0.15) is 5.75 Å². The van der Waals surface area contributed by atoms with Crippen LogP contribution in [0.1, 0.15) is 24.6 Å². The molecule has 0 aliphatic heterocycles. The van der Waals surface area contributed by atoms with Gasteiger partial charge < -0.3 is 24.7 Å². The third kappa shape index (κ3) is 9.21. The molecule has 1 aromatic heterocycles. The number of thiazole rings is 1. The number of nitrogens with one attached hydrogen (secondary N) is 2. The average Bonchev–Trinajstić information content (AvgIpc) is 3.19. The van der Waals surface area contributed by atoms with Crippen molar-refractivity contribution in [2.24, 2.45) is 4.99 Å². The van der Waals surface area contributed by atoms with Crippen LogP contribution in [0.15, 0.2) is 58.9 Å². The molecule has 0 atom stereocenters. The minimum atomic E-state index is -4.75. The highest BCUT2D eigenvalue weighted by Gasteiger charge is 2.30. The second-order valence-corrected chi connectivity index (χ2v) is 8.85. The fourth-order valence-electron chi connectivity index (χ4n) is 3.16. The van der Waals surface area contributed by atoms with Gasteiger partial charge in [-0.2, -0.15) is 0 Å². The number of aromatic nitrogens is 1. The Balaban J connectivity index is 1.72. The number of ether oxygens (including phenoxy) is 2. The predicted octanol–water partition coefficient (Wildman–Crippen LogP) is 5.76. The topological polar surface area (TPSA) is 76.9 Å². The molecule has 0 saturated heterocycles. The predicted molar refractivity (Wildman–Crippen MR) is 132 cm³/mol. The molecule has 2 N–H and O–H groups in total. The standard InChI is InChI=1S/C24H26ClF3N4O3S/c1-2-29-22(33)30-12-3-13-32-20(15-34-14-17-4-6-18(25)7-5-17)16-36-23(32)31-19-8-10-21(11-9-19)35-24(26,27)28/h4-11,16H,2-3,12-15H2,1H3,(H2,29,30,33). The number of nitrogens with zero attached hydrogens (tertiary/aromatic N) is 2. The lowest BCUT2D eigenvalue weighted by molar-refractivity contribution is -0.274. The van der Waals surface area contributed by atoms with Crippen molar-refractivity contribution in [3.8, 4) is 5.75 Å². The third-order valence-corrected chi connectivity index (χ3v) is 5.95. The molecular formula is C24H26ClF3N4O3S. The van der Waals surface area contributed by atoms with E-state index >= 15 is 0 Å². The molecule has 0 fully saturated rings. The summed E-state index contributed by atoms with van der Waals surface area (Å²) in [4.78, 5) is 16.9. The normalized spacial score (nSPS) is 12.0. The van der Waals surface area contributed by atoms with E-state index in [-0.39, 0.29) is 11.8 Å². The Bertz CT molecular complexity index is 1180. The van der Waals surface area contributed by atoms with Crippen molar-refractivity contribution in [3.05, 3.63) is 75.0 Å². The largest absolute Gasteiger partial charge is 0.573 e. The first-order chi connectivity index (χ1) is 17.2. The van der Waals surface area contributed by atoms with E-state index in [1.54, 1.807) is 12.1 Å². The Morgan fingerprint density at radius 1 is 1.08 bits per heavy atom. The van der Waals surface area contributed by atoms with Crippen LogP contribution in [0, 0.1) is 0 Å². The summed E-state index contributed by atoms with van der Waals surface area (Å²) < 4.78 is 49.0. The smallest absolute Gasteiger partial charge is 0.406 e. The van der Waals surface area contributed by atoms with Gasteiger partial charge in [-0.05, 0) is 55.3 Å². The molecule has 3 aromatic rings. The van der Waals surface area contributed by atoms with Crippen LogP contribution in [-0.2, 0) is 24.5 Å². The molecule has 0 aliphatic carbocycles. The number of alkyl halides is 3. The maximum absolute atomic E-state index is 12.4. The van der Waals surface area contributed by atoms with Gasteiger partial charge in [-0.3, -0.25) is 0 Å². The third-order valence-electron chi connectivity index (χ3n) is 4.79. The molecule has 0 saturated carbocycles. The molecule has 36 heavy (non-hydrogen) atoms. The number of carbonyl (C=O) groups is 1. The highest BCUT2D eigenvalue weighted by Crippen LogP contribution is 2.25. The van der Waals surface area contributed by atoms with Gasteiger partial charge in [0, 0.05) is 30.0 Å². The van der Waals surface area contributed by atoms with E-state index in [0.29, 0.717) is 54.8 Å². The van der Waals surface area contributed by atoms with Crippen LogP contribution < -0.4 is 20.2 Å². The molecule has 0 radical (unpaired) electrons. The van der Waals surface area contributed by atoms with E-state index in [0.717, 1.165) is 11.3 Å². The Morgan fingerprint density at radius 3 is 2.47 bits per heavy atom. The van der Waals surface area contributed by atoms with Crippen LogP contribution >= 0.6 is 22.9 Å². The lowest BCUT2D eigenvalue weighted by Gasteiger charge is -2.11.